The fraction of sp³-hybridized carbons (Fsp3) is 0.304. The number of halogens is 1. The maximum Gasteiger partial charge on any atom is 0.280 e. The van der Waals surface area contributed by atoms with Crippen LogP contribution in [0.3, 0.4) is 0 Å². The predicted molar refractivity (Wildman–Crippen MR) is 137 cm³/mol. The quantitative estimate of drug-likeness (QED) is 0.345. The molecule has 3 aromatic rings. The van der Waals surface area contributed by atoms with Crippen molar-refractivity contribution in [1.82, 2.24) is 18.9 Å². The van der Waals surface area contributed by atoms with E-state index in [0.29, 0.717) is 42.1 Å². The zero-order chi connectivity index (χ0) is 24.8. The van der Waals surface area contributed by atoms with Gasteiger partial charge in [0, 0.05) is 45.0 Å². The number of pyridine rings is 1. The van der Waals surface area contributed by atoms with Gasteiger partial charge < -0.3 is 10.1 Å². The van der Waals surface area contributed by atoms with Crippen LogP contribution in [0.2, 0.25) is 0 Å². The Morgan fingerprint density at radius 1 is 1.19 bits per heavy atom. The molecule has 36 heavy (non-hydrogen) atoms. The molecule has 2 aromatic heterocycles. The molecule has 1 N–H and O–H groups in total. The first-order valence-corrected chi connectivity index (χ1v) is 12.3. The molecule has 0 unspecified atom stereocenters. The standard InChI is InChI=1S/C23H24N8O3S.ClH/c1-29(27-16-20-17-28-31-6-4-19(15-25)12-22(20)31)35(32,33)23-13-18(14-24)2-3-21(23)26-5-7-30-8-10-34-11-9-30;/h2-4,6,12-13,16-17,26H,5,7-11H2,1H3;1H. The predicted octanol–water partition coefficient (Wildman–Crippen LogP) is 1.90. The number of anilines is 1. The van der Waals surface area contributed by atoms with Crippen molar-refractivity contribution >= 4 is 39.8 Å². The normalized spacial score (nSPS) is 14.2. The van der Waals surface area contributed by atoms with E-state index in [0.717, 1.165) is 24.0 Å². The third-order valence-electron chi connectivity index (χ3n) is 5.62. The number of benzene rings is 1. The van der Waals surface area contributed by atoms with Gasteiger partial charge in [0.1, 0.15) is 4.90 Å². The molecule has 4 rings (SSSR count). The van der Waals surface area contributed by atoms with Gasteiger partial charge in [-0.2, -0.15) is 33.6 Å². The Bertz CT molecular complexity index is 1440. The van der Waals surface area contributed by atoms with E-state index in [-0.39, 0.29) is 22.9 Å². The van der Waals surface area contributed by atoms with Gasteiger partial charge in [0.25, 0.3) is 10.0 Å². The lowest BCUT2D eigenvalue weighted by Crippen LogP contribution is -2.39. The molecule has 13 heteroatoms. The largest absolute Gasteiger partial charge is 0.383 e. The van der Waals surface area contributed by atoms with E-state index < -0.39 is 10.0 Å². The van der Waals surface area contributed by atoms with Crippen LogP contribution >= 0.6 is 12.4 Å². The molecule has 1 aliphatic heterocycles. The Morgan fingerprint density at radius 3 is 2.64 bits per heavy atom. The zero-order valence-electron chi connectivity index (χ0n) is 19.5. The number of nitriles is 2. The van der Waals surface area contributed by atoms with Gasteiger partial charge in [0.15, 0.2) is 0 Å². The first kappa shape index (κ1) is 26.9. The van der Waals surface area contributed by atoms with Crippen LogP contribution in [0, 0.1) is 22.7 Å². The van der Waals surface area contributed by atoms with Crippen LogP contribution in [0.15, 0.2) is 52.7 Å². The lowest BCUT2D eigenvalue weighted by molar-refractivity contribution is 0.0398. The lowest BCUT2D eigenvalue weighted by atomic mass is 10.2. The van der Waals surface area contributed by atoms with E-state index in [1.54, 1.807) is 35.0 Å². The molecular formula is C23H25ClN8O3S. The molecule has 1 aliphatic rings. The van der Waals surface area contributed by atoms with Gasteiger partial charge in [-0.3, -0.25) is 4.90 Å². The molecule has 0 bridgehead atoms. The van der Waals surface area contributed by atoms with Gasteiger partial charge in [0.2, 0.25) is 0 Å². The molecule has 0 aliphatic carbocycles. The van der Waals surface area contributed by atoms with Crippen molar-refractivity contribution in [2.45, 2.75) is 4.90 Å². The summed E-state index contributed by atoms with van der Waals surface area (Å²) in [6, 6.07) is 11.8. The number of hydrogen-bond donors (Lipinski definition) is 1. The molecule has 1 fully saturated rings. The highest BCUT2D eigenvalue weighted by Crippen LogP contribution is 2.26. The van der Waals surface area contributed by atoms with E-state index in [1.165, 1.54) is 25.5 Å². The minimum atomic E-state index is -4.07. The molecule has 11 nitrogen and oxygen atoms in total. The van der Waals surface area contributed by atoms with Crippen molar-refractivity contribution in [2.24, 2.45) is 5.10 Å². The summed E-state index contributed by atoms with van der Waals surface area (Å²) in [5, 5.41) is 30.0. The van der Waals surface area contributed by atoms with Gasteiger partial charge in [-0.1, -0.05) is 0 Å². The van der Waals surface area contributed by atoms with Gasteiger partial charge in [-0.15, -0.1) is 12.4 Å². The van der Waals surface area contributed by atoms with Crippen molar-refractivity contribution in [3.8, 4) is 12.1 Å². The number of morpholine rings is 1. The number of hydrazone groups is 1. The number of hydrogen-bond acceptors (Lipinski definition) is 9. The molecule has 0 amide bonds. The molecule has 3 heterocycles. The van der Waals surface area contributed by atoms with Crippen molar-refractivity contribution in [2.75, 3.05) is 51.8 Å². The van der Waals surface area contributed by atoms with Gasteiger partial charge in [0.05, 0.1) is 60.1 Å². The number of nitrogens with one attached hydrogen (secondary N) is 1. The molecular weight excluding hydrogens is 504 g/mol. The Hall–Kier alpha value is -3.68. The molecule has 0 atom stereocenters. The summed E-state index contributed by atoms with van der Waals surface area (Å²) in [5.74, 6) is 0. The average Bonchev–Trinajstić information content (AvgIpc) is 3.30. The number of nitrogens with zero attached hydrogens (tertiary/aromatic N) is 7. The smallest absolute Gasteiger partial charge is 0.280 e. The Labute approximate surface area is 215 Å². The number of aromatic nitrogens is 2. The summed E-state index contributed by atoms with van der Waals surface area (Å²) in [6.07, 6.45) is 4.56. The number of ether oxygens (including phenoxy) is 1. The second-order valence-corrected chi connectivity index (χ2v) is 9.76. The molecule has 0 radical (unpaired) electrons. The molecule has 1 aromatic carbocycles. The fourth-order valence-electron chi connectivity index (χ4n) is 3.64. The van der Waals surface area contributed by atoms with Crippen LogP contribution in [0.25, 0.3) is 5.52 Å². The maximum atomic E-state index is 13.4. The summed E-state index contributed by atoms with van der Waals surface area (Å²) < 4.78 is 34.5. The summed E-state index contributed by atoms with van der Waals surface area (Å²) >= 11 is 0. The summed E-state index contributed by atoms with van der Waals surface area (Å²) in [6.45, 7) is 4.29. The highest BCUT2D eigenvalue weighted by Gasteiger charge is 2.24. The topological polar surface area (TPSA) is 139 Å². The van der Waals surface area contributed by atoms with E-state index in [4.69, 9.17) is 10.00 Å². The van der Waals surface area contributed by atoms with Crippen LogP contribution in [0.1, 0.15) is 16.7 Å². The average molecular weight is 529 g/mol. The number of fused-ring (bicyclic) bond motifs is 1. The second-order valence-electron chi connectivity index (χ2n) is 7.84. The Morgan fingerprint density at radius 2 is 1.92 bits per heavy atom. The van der Waals surface area contributed by atoms with Gasteiger partial charge in [-0.05, 0) is 30.3 Å². The number of rotatable bonds is 8. The molecule has 0 spiro atoms. The minimum absolute atomic E-state index is 0. The van der Waals surface area contributed by atoms with E-state index in [1.807, 2.05) is 6.07 Å². The Kier molecular flexibility index (Phi) is 8.85. The van der Waals surface area contributed by atoms with E-state index in [2.05, 4.69) is 26.5 Å². The second kappa shape index (κ2) is 11.8. The van der Waals surface area contributed by atoms with Crippen LogP contribution in [0.4, 0.5) is 5.69 Å². The molecule has 1 saturated heterocycles. The summed E-state index contributed by atoms with van der Waals surface area (Å²) in [4.78, 5) is 2.20. The molecule has 0 saturated carbocycles. The SMILES string of the molecule is CN(N=Cc1cnn2ccc(C#N)cc12)S(=O)(=O)c1cc(C#N)ccc1NCCN1CCOCC1.Cl. The summed E-state index contributed by atoms with van der Waals surface area (Å²) in [7, 11) is -2.74. The van der Waals surface area contributed by atoms with Crippen LogP contribution in [0.5, 0.6) is 0 Å². The minimum Gasteiger partial charge on any atom is -0.383 e. The monoisotopic (exact) mass is 528 g/mol. The summed E-state index contributed by atoms with van der Waals surface area (Å²) in [5.41, 5.74) is 2.25. The molecule has 188 valence electrons. The fourth-order valence-corrected chi connectivity index (χ4v) is 4.79. The van der Waals surface area contributed by atoms with Crippen molar-refractivity contribution in [1.29, 1.82) is 10.5 Å². The highest BCUT2D eigenvalue weighted by molar-refractivity contribution is 7.89. The van der Waals surface area contributed by atoms with Gasteiger partial charge in [-0.25, -0.2) is 4.52 Å². The lowest BCUT2D eigenvalue weighted by Gasteiger charge is -2.27. The Balaban J connectivity index is 0.00000361. The van der Waals surface area contributed by atoms with E-state index in [9.17, 15) is 13.7 Å². The maximum absolute atomic E-state index is 13.4. The van der Waals surface area contributed by atoms with E-state index >= 15 is 0 Å². The highest BCUT2D eigenvalue weighted by atomic mass is 35.5. The van der Waals surface area contributed by atoms with Crippen LogP contribution < -0.4 is 5.32 Å². The number of sulfonamides is 1. The van der Waals surface area contributed by atoms with Crippen LogP contribution in [-0.2, 0) is 14.8 Å². The first-order valence-electron chi connectivity index (χ1n) is 10.9. The first-order chi connectivity index (χ1) is 16.9. The van der Waals surface area contributed by atoms with Gasteiger partial charge >= 0.3 is 0 Å². The third-order valence-corrected chi connectivity index (χ3v) is 7.31. The van der Waals surface area contributed by atoms with Crippen molar-refractivity contribution in [3.63, 3.8) is 0 Å². The third kappa shape index (κ3) is 5.93. The zero-order valence-corrected chi connectivity index (χ0v) is 21.2. The van der Waals surface area contributed by atoms with Crippen molar-refractivity contribution in [3.05, 3.63) is 59.4 Å². The van der Waals surface area contributed by atoms with Crippen molar-refractivity contribution < 1.29 is 13.2 Å². The van der Waals surface area contributed by atoms with Crippen LogP contribution in [-0.4, -0.2) is 80.0 Å².